The minimum atomic E-state index is -4.43. The normalized spacial score (nSPS) is 17.2. The molecule has 12 heteroatoms. The second-order valence-electron chi connectivity index (χ2n) is 6.50. The zero-order valence-electron chi connectivity index (χ0n) is 16.2. The number of methoxy groups -OCH3 is 1. The van der Waals surface area contributed by atoms with Crippen molar-refractivity contribution in [3.8, 4) is 0 Å². The summed E-state index contributed by atoms with van der Waals surface area (Å²) in [4.78, 5) is 21.0. The van der Waals surface area contributed by atoms with Gasteiger partial charge in [-0.3, -0.25) is 4.79 Å². The van der Waals surface area contributed by atoms with E-state index in [4.69, 9.17) is 4.74 Å². The monoisotopic (exact) mass is 405 g/mol. The molecule has 0 saturated carbocycles. The van der Waals surface area contributed by atoms with Crippen LogP contribution in [0.2, 0.25) is 0 Å². The Morgan fingerprint density at radius 2 is 2.21 bits per heavy atom. The molecule has 28 heavy (non-hydrogen) atoms. The van der Waals surface area contributed by atoms with Gasteiger partial charge in [-0.25, -0.2) is 14.7 Å². The van der Waals surface area contributed by atoms with E-state index in [2.05, 4.69) is 25.7 Å². The maximum absolute atomic E-state index is 12.4. The van der Waals surface area contributed by atoms with Crippen LogP contribution in [0.1, 0.15) is 25.0 Å². The van der Waals surface area contributed by atoms with Crippen molar-refractivity contribution >= 4 is 11.9 Å². The Kier molecular flexibility index (Phi) is 7.61. The van der Waals surface area contributed by atoms with E-state index >= 15 is 0 Å². The standard InChI is InChI=1S/C16H26F3N7O2/c1-4-20-15(21-7-14(27)25(2)10-16(17,18)19)22-11-5-6-13-23-12(9-28-3)24-26(13)8-11/h11H,4-10H2,1-3H3,(H2,20,21,22). The average molecular weight is 405 g/mol. The number of hydrogen-bond donors (Lipinski definition) is 2. The topological polar surface area (TPSA) is 96.7 Å². The van der Waals surface area contributed by atoms with Gasteiger partial charge in [0.1, 0.15) is 25.5 Å². The van der Waals surface area contributed by atoms with Crippen LogP contribution in [0.15, 0.2) is 4.99 Å². The molecule has 158 valence electrons. The number of rotatable bonds is 7. The largest absolute Gasteiger partial charge is 0.406 e. The first-order valence-electron chi connectivity index (χ1n) is 8.99. The van der Waals surface area contributed by atoms with Crippen LogP contribution in [0.4, 0.5) is 13.2 Å². The molecule has 0 saturated heterocycles. The molecule has 1 aromatic heterocycles. The van der Waals surface area contributed by atoms with Gasteiger partial charge in [0, 0.05) is 33.2 Å². The molecule has 1 aromatic rings. The van der Waals surface area contributed by atoms with E-state index in [1.807, 2.05) is 6.92 Å². The number of carbonyl (C=O) groups is 1. The SMILES string of the molecule is CCNC(=NCC(=O)N(C)CC(F)(F)F)NC1CCc2nc(COC)nn2C1. The molecule has 0 bridgehead atoms. The van der Waals surface area contributed by atoms with E-state index in [1.54, 1.807) is 11.8 Å². The van der Waals surface area contributed by atoms with Gasteiger partial charge in [-0.15, -0.1) is 0 Å². The number of aromatic nitrogens is 3. The maximum atomic E-state index is 12.4. The number of aliphatic imine (C=N–C) groups is 1. The summed E-state index contributed by atoms with van der Waals surface area (Å²) in [6, 6.07) is 0.00500. The first-order valence-corrected chi connectivity index (χ1v) is 8.99. The lowest BCUT2D eigenvalue weighted by Crippen LogP contribution is -2.47. The molecule has 1 amide bonds. The third-order valence-electron chi connectivity index (χ3n) is 4.08. The summed E-state index contributed by atoms with van der Waals surface area (Å²) in [5, 5.41) is 10.6. The number of nitrogens with one attached hydrogen (secondary N) is 2. The van der Waals surface area contributed by atoms with Crippen LogP contribution >= 0.6 is 0 Å². The highest BCUT2D eigenvalue weighted by atomic mass is 19.4. The van der Waals surface area contributed by atoms with Gasteiger partial charge in [0.15, 0.2) is 11.8 Å². The van der Waals surface area contributed by atoms with E-state index in [0.29, 0.717) is 36.4 Å². The molecule has 2 heterocycles. The highest BCUT2D eigenvalue weighted by Gasteiger charge is 2.31. The Morgan fingerprint density at radius 3 is 2.86 bits per heavy atom. The van der Waals surface area contributed by atoms with E-state index in [0.717, 1.165) is 25.7 Å². The molecule has 9 nitrogen and oxygen atoms in total. The van der Waals surface area contributed by atoms with E-state index in [9.17, 15) is 18.0 Å². The quantitative estimate of drug-likeness (QED) is 0.501. The molecule has 0 radical (unpaired) electrons. The highest BCUT2D eigenvalue weighted by molar-refractivity contribution is 5.85. The van der Waals surface area contributed by atoms with Crippen molar-refractivity contribution in [3.05, 3.63) is 11.6 Å². The molecule has 1 unspecified atom stereocenters. The number of halogens is 3. The van der Waals surface area contributed by atoms with Gasteiger partial charge in [0.25, 0.3) is 0 Å². The van der Waals surface area contributed by atoms with Crippen LogP contribution < -0.4 is 10.6 Å². The van der Waals surface area contributed by atoms with Crippen molar-refractivity contribution in [1.29, 1.82) is 0 Å². The summed E-state index contributed by atoms with van der Waals surface area (Å²) in [6.45, 7) is 1.65. The Balaban J connectivity index is 1.94. The predicted octanol–water partition coefficient (Wildman–Crippen LogP) is 0.315. The minimum Gasteiger partial charge on any atom is -0.377 e. The molecule has 0 aliphatic carbocycles. The van der Waals surface area contributed by atoms with Crippen LogP contribution in [-0.2, 0) is 29.1 Å². The number of ether oxygens (including phenoxy) is 1. The average Bonchev–Trinajstić information content (AvgIpc) is 3.00. The molecule has 2 N–H and O–H groups in total. The van der Waals surface area contributed by atoms with Crippen LogP contribution in [0.5, 0.6) is 0 Å². The number of aryl methyl sites for hydroxylation is 1. The van der Waals surface area contributed by atoms with Gasteiger partial charge in [0.2, 0.25) is 5.91 Å². The van der Waals surface area contributed by atoms with E-state index in [1.165, 1.54) is 0 Å². The number of hydrogen-bond acceptors (Lipinski definition) is 5. The molecular formula is C16H26F3N7O2. The summed E-state index contributed by atoms with van der Waals surface area (Å²) < 4.78 is 44.0. The van der Waals surface area contributed by atoms with Crippen molar-refractivity contribution in [2.24, 2.45) is 4.99 Å². The van der Waals surface area contributed by atoms with Gasteiger partial charge in [-0.05, 0) is 13.3 Å². The zero-order chi connectivity index (χ0) is 20.7. The summed E-state index contributed by atoms with van der Waals surface area (Å²) in [5.41, 5.74) is 0. The van der Waals surface area contributed by atoms with E-state index < -0.39 is 18.6 Å². The Morgan fingerprint density at radius 1 is 1.46 bits per heavy atom. The first kappa shape index (κ1) is 21.9. The third kappa shape index (κ3) is 6.66. The zero-order valence-corrected chi connectivity index (χ0v) is 16.2. The van der Waals surface area contributed by atoms with Gasteiger partial charge in [0.05, 0.1) is 6.54 Å². The third-order valence-corrected chi connectivity index (χ3v) is 4.08. The van der Waals surface area contributed by atoms with Crippen molar-refractivity contribution < 1.29 is 22.7 Å². The molecule has 0 aromatic carbocycles. The fourth-order valence-corrected chi connectivity index (χ4v) is 2.81. The summed E-state index contributed by atoms with van der Waals surface area (Å²) in [6.07, 6.45) is -2.92. The van der Waals surface area contributed by atoms with Crippen LogP contribution in [0.3, 0.4) is 0 Å². The number of guanidine groups is 1. The second kappa shape index (κ2) is 9.71. The molecular weight excluding hydrogens is 379 g/mol. The van der Waals surface area contributed by atoms with Crippen molar-refractivity contribution in [1.82, 2.24) is 30.3 Å². The van der Waals surface area contributed by atoms with Gasteiger partial charge in [-0.1, -0.05) is 0 Å². The first-order chi connectivity index (χ1) is 13.2. The van der Waals surface area contributed by atoms with Crippen molar-refractivity contribution in [2.75, 3.05) is 33.8 Å². The van der Waals surface area contributed by atoms with Crippen molar-refractivity contribution in [2.45, 2.75) is 45.1 Å². The van der Waals surface area contributed by atoms with Crippen LogP contribution in [0, 0.1) is 0 Å². The molecule has 1 aliphatic rings. The fraction of sp³-hybridized carbons (Fsp3) is 0.750. The van der Waals surface area contributed by atoms with Gasteiger partial charge < -0.3 is 20.3 Å². The molecule has 0 fully saturated rings. The Labute approximate surface area is 161 Å². The Bertz CT molecular complexity index is 690. The lowest BCUT2D eigenvalue weighted by molar-refractivity contribution is -0.157. The number of carbonyl (C=O) groups excluding carboxylic acids is 1. The van der Waals surface area contributed by atoms with Gasteiger partial charge >= 0.3 is 6.18 Å². The van der Waals surface area contributed by atoms with Crippen LogP contribution in [0.25, 0.3) is 0 Å². The fourth-order valence-electron chi connectivity index (χ4n) is 2.81. The van der Waals surface area contributed by atoms with Crippen LogP contribution in [-0.4, -0.2) is 77.5 Å². The second-order valence-corrected chi connectivity index (χ2v) is 6.50. The van der Waals surface area contributed by atoms with Crippen molar-refractivity contribution in [3.63, 3.8) is 0 Å². The van der Waals surface area contributed by atoms with Gasteiger partial charge in [-0.2, -0.15) is 18.3 Å². The number of fused-ring (bicyclic) bond motifs is 1. The summed E-state index contributed by atoms with van der Waals surface area (Å²) >= 11 is 0. The van der Waals surface area contributed by atoms with E-state index in [-0.39, 0.29) is 12.6 Å². The lowest BCUT2D eigenvalue weighted by Gasteiger charge is -2.25. The summed E-state index contributed by atoms with van der Waals surface area (Å²) in [5.74, 6) is 1.18. The minimum absolute atomic E-state index is 0.00500. The number of likely N-dealkylation sites (N-methyl/N-ethyl adjacent to an activating group) is 1. The smallest absolute Gasteiger partial charge is 0.377 e. The lowest BCUT2D eigenvalue weighted by atomic mass is 10.1. The maximum Gasteiger partial charge on any atom is 0.406 e. The number of alkyl halides is 3. The molecule has 2 rings (SSSR count). The Hall–Kier alpha value is -2.37. The highest BCUT2D eigenvalue weighted by Crippen LogP contribution is 2.16. The number of nitrogens with zero attached hydrogens (tertiary/aromatic N) is 5. The molecule has 1 aliphatic heterocycles. The predicted molar refractivity (Wildman–Crippen MR) is 95.7 cm³/mol. The molecule has 0 spiro atoms. The molecule has 1 atom stereocenters. The number of amides is 1. The summed E-state index contributed by atoms with van der Waals surface area (Å²) in [7, 11) is 2.69.